The molecule has 1 aliphatic rings. The maximum absolute atomic E-state index is 13.2. The van der Waals surface area contributed by atoms with Gasteiger partial charge in [-0.05, 0) is 46.7 Å². The fraction of sp³-hybridized carbons (Fsp3) is 0.227. The number of thiophene rings is 1. The van der Waals surface area contributed by atoms with Crippen LogP contribution in [0.5, 0.6) is 0 Å². The summed E-state index contributed by atoms with van der Waals surface area (Å²) in [7, 11) is -3.51. The highest BCUT2D eigenvalue weighted by atomic mass is 35.5. The van der Waals surface area contributed by atoms with E-state index in [0.717, 1.165) is 33.0 Å². The zero-order chi connectivity index (χ0) is 21.6. The van der Waals surface area contributed by atoms with Crippen molar-refractivity contribution in [2.45, 2.75) is 10.8 Å². The van der Waals surface area contributed by atoms with Gasteiger partial charge in [-0.25, -0.2) is 13.4 Å². The minimum absolute atomic E-state index is 0.371. The van der Waals surface area contributed by atoms with Crippen LogP contribution in [0.4, 0.5) is 5.82 Å². The monoisotopic (exact) mass is 472 g/mol. The number of pyridine rings is 1. The highest BCUT2D eigenvalue weighted by molar-refractivity contribution is 7.91. The summed E-state index contributed by atoms with van der Waals surface area (Å²) in [4.78, 5) is 6.43. The van der Waals surface area contributed by atoms with Gasteiger partial charge in [0, 0.05) is 54.0 Å². The lowest BCUT2D eigenvalue weighted by Gasteiger charge is -2.33. The highest BCUT2D eigenvalue weighted by Crippen LogP contribution is 2.33. The summed E-state index contributed by atoms with van der Waals surface area (Å²) >= 11 is 7.32. The van der Waals surface area contributed by atoms with Gasteiger partial charge in [0.15, 0.2) is 0 Å². The second-order valence-corrected chi connectivity index (χ2v) is 11.4. The molecule has 0 bridgehead atoms. The van der Waals surface area contributed by atoms with Crippen molar-refractivity contribution in [3.8, 4) is 0 Å². The van der Waals surface area contributed by atoms with Crippen LogP contribution in [0, 0.1) is 0 Å². The number of piperazine rings is 1. The number of benzene rings is 2. The van der Waals surface area contributed by atoms with Gasteiger partial charge in [-0.2, -0.15) is 4.31 Å². The first kappa shape index (κ1) is 20.7. The Morgan fingerprint density at radius 3 is 2.58 bits per heavy atom. The molecule has 5 rings (SSSR count). The van der Waals surface area contributed by atoms with E-state index in [2.05, 4.69) is 28.1 Å². The molecule has 0 saturated carbocycles. The van der Waals surface area contributed by atoms with Gasteiger partial charge in [0.25, 0.3) is 10.0 Å². The molecule has 0 atom stereocenters. The van der Waals surface area contributed by atoms with Crippen LogP contribution in [0.3, 0.4) is 0 Å². The average Bonchev–Trinajstić information content (AvgIpc) is 3.19. The Labute approximate surface area is 189 Å². The van der Waals surface area contributed by atoms with Crippen LogP contribution in [0.2, 0.25) is 5.02 Å². The van der Waals surface area contributed by atoms with Crippen molar-refractivity contribution in [3.05, 3.63) is 65.3 Å². The number of aromatic nitrogens is 1. The molecule has 0 spiro atoms. The number of nitrogens with zero attached hydrogens (tertiary/aromatic N) is 3. The maximum Gasteiger partial charge on any atom is 0.252 e. The van der Waals surface area contributed by atoms with Crippen LogP contribution >= 0.6 is 22.9 Å². The molecule has 2 aromatic heterocycles. The van der Waals surface area contributed by atoms with Gasteiger partial charge in [0.2, 0.25) is 0 Å². The summed E-state index contributed by atoms with van der Waals surface area (Å²) in [6, 6.07) is 15.4. The number of hydrogen-bond donors (Lipinski definition) is 1. The van der Waals surface area contributed by atoms with Crippen LogP contribution < -0.4 is 5.73 Å². The third kappa shape index (κ3) is 4.02. The SMILES string of the molecule is Nc1nccc2ccc(CN3CCN(S(=O)(=O)c4cc5ccc(Cl)cc5s4)CC3)cc12. The van der Waals surface area contributed by atoms with Crippen molar-refractivity contribution < 1.29 is 8.42 Å². The Hall–Kier alpha value is -2.23. The fourth-order valence-corrected chi connectivity index (χ4v) is 7.21. The summed E-state index contributed by atoms with van der Waals surface area (Å²) in [5.41, 5.74) is 7.15. The molecule has 0 unspecified atom stereocenters. The van der Waals surface area contributed by atoms with E-state index in [1.165, 1.54) is 11.3 Å². The topological polar surface area (TPSA) is 79.5 Å². The van der Waals surface area contributed by atoms with Crippen molar-refractivity contribution in [3.63, 3.8) is 0 Å². The molecule has 1 saturated heterocycles. The molecule has 1 aliphatic heterocycles. The molecule has 160 valence electrons. The van der Waals surface area contributed by atoms with E-state index >= 15 is 0 Å². The van der Waals surface area contributed by atoms with E-state index < -0.39 is 10.0 Å². The number of nitrogens with two attached hydrogens (primary N) is 1. The van der Waals surface area contributed by atoms with E-state index in [1.807, 2.05) is 18.2 Å². The fourth-order valence-electron chi connectivity index (χ4n) is 3.96. The first-order valence-electron chi connectivity index (χ1n) is 9.95. The van der Waals surface area contributed by atoms with Crippen molar-refractivity contribution in [2.24, 2.45) is 0 Å². The number of rotatable bonds is 4. The molecule has 1 fully saturated rings. The van der Waals surface area contributed by atoms with Gasteiger partial charge in [0.05, 0.1) is 0 Å². The molecule has 4 aromatic rings. The van der Waals surface area contributed by atoms with Crippen molar-refractivity contribution >= 4 is 59.6 Å². The Bertz CT molecular complexity index is 1380. The van der Waals surface area contributed by atoms with E-state index in [0.29, 0.717) is 41.2 Å². The smallest absolute Gasteiger partial charge is 0.252 e. The minimum Gasteiger partial charge on any atom is -0.383 e. The van der Waals surface area contributed by atoms with E-state index in [4.69, 9.17) is 17.3 Å². The summed E-state index contributed by atoms with van der Waals surface area (Å²) in [5.74, 6) is 0.528. The lowest BCUT2D eigenvalue weighted by molar-refractivity contribution is 0.182. The number of nitrogen functional groups attached to an aromatic ring is 1. The Kier molecular flexibility index (Phi) is 5.35. The number of anilines is 1. The molecular weight excluding hydrogens is 452 g/mol. The largest absolute Gasteiger partial charge is 0.383 e. The summed E-state index contributed by atoms with van der Waals surface area (Å²) < 4.78 is 29.1. The maximum atomic E-state index is 13.2. The molecule has 0 aliphatic carbocycles. The molecule has 0 amide bonds. The normalized spacial score (nSPS) is 16.3. The van der Waals surface area contributed by atoms with E-state index in [9.17, 15) is 8.42 Å². The number of hydrogen-bond acceptors (Lipinski definition) is 6. The van der Waals surface area contributed by atoms with E-state index in [1.54, 1.807) is 22.6 Å². The van der Waals surface area contributed by atoms with Gasteiger partial charge in [-0.15, -0.1) is 11.3 Å². The van der Waals surface area contributed by atoms with Crippen LogP contribution in [-0.2, 0) is 16.6 Å². The van der Waals surface area contributed by atoms with Crippen molar-refractivity contribution in [1.82, 2.24) is 14.2 Å². The number of sulfonamides is 1. The quantitative estimate of drug-likeness (QED) is 0.481. The molecule has 2 aromatic carbocycles. The van der Waals surface area contributed by atoms with Gasteiger partial charge < -0.3 is 5.73 Å². The number of halogens is 1. The first-order chi connectivity index (χ1) is 14.9. The van der Waals surface area contributed by atoms with Gasteiger partial charge in [-0.1, -0.05) is 29.8 Å². The van der Waals surface area contributed by atoms with Gasteiger partial charge in [-0.3, -0.25) is 4.90 Å². The molecule has 2 N–H and O–H groups in total. The third-order valence-electron chi connectivity index (χ3n) is 5.65. The Balaban J connectivity index is 1.29. The molecule has 0 radical (unpaired) electrons. The van der Waals surface area contributed by atoms with Gasteiger partial charge in [0.1, 0.15) is 10.0 Å². The van der Waals surface area contributed by atoms with Crippen LogP contribution in [0.1, 0.15) is 5.56 Å². The third-order valence-corrected chi connectivity index (χ3v) is 9.33. The Morgan fingerprint density at radius 2 is 1.77 bits per heavy atom. The Morgan fingerprint density at radius 1 is 1.00 bits per heavy atom. The highest BCUT2D eigenvalue weighted by Gasteiger charge is 2.30. The van der Waals surface area contributed by atoms with Crippen LogP contribution in [0.25, 0.3) is 20.9 Å². The summed E-state index contributed by atoms with van der Waals surface area (Å²) in [6.45, 7) is 3.04. The predicted octanol–water partition coefficient (Wildman–Crippen LogP) is 4.19. The lowest BCUT2D eigenvalue weighted by atomic mass is 10.1. The summed E-state index contributed by atoms with van der Waals surface area (Å²) in [6.07, 6.45) is 1.71. The van der Waals surface area contributed by atoms with Gasteiger partial charge >= 0.3 is 0 Å². The van der Waals surface area contributed by atoms with Crippen LogP contribution in [-0.4, -0.2) is 48.8 Å². The minimum atomic E-state index is -3.51. The molecular formula is C22H21ClN4O2S2. The first-order valence-corrected chi connectivity index (χ1v) is 12.6. The number of fused-ring (bicyclic) bond motifs is 2. The lowest BCUT2D eigenvalue weighted by Crippen LogP contribution is -2.48. The predicted molar refractivity (Wildman–Crippen MR) is 127 cm³/mol. The van der Waals surface area contributed by atoms with E-state index in [-0.39, 0.29) is 0 Å². The summed E-state index contributed by atoms with van der Waals surface area (Å²) in [5, 5.41) is 3.53. The second kappa shape index (κ2) is 8.03. The standard InChI is InChI=1S/C22H21ClN4O2S2/c23-18-4-3-17-12-21(30-20(17)13-18)31(28,29)27-9-7-26(8-10-27)14-15-1-2-16-5-6-25-22(24)19(16)11-15/h1-6,11-13H,7-10,14H2,(H2,24,25). The second-order valence-electron chi connectivity index (χ2n) is 7.68. The molecule has 9 heteroatoms. The van der Waals surface area contributed by atoms with Crippen molar-refractivity contribution in [1.29, 1.82) is 0 Å². The zero-order valence-electron chi connectivity index (χ0n) is 16.7. The molecule has 6 nitrogen and oxygen atoms in total. The molecule has 31 heavy (non-hydrogen) atoms. The van der Waals surface area contributed by atoms with Crippen LogP contribution in [0.15, 0.2) is 58.9 Å². The zero-order valence-corrected chi connectivity index (χ0v) is 19.1. The average molecular weight is 473 g/mol. The van der Waals surface area contributed by atoms with Crippen molar-refractivity contribution in [2.75, 3.05) is 31.9 Å². The molecule has 3 heterocycles.